The number of nitrogens with zero attached hydrogens (tertiary/aromatic N) is 2. The second-order valence-corrected chi connectivity index (χ2v) is 5.03. The van der Waals surface area contributed by atoms with Crippen LogP contribution in [0.3, 0.4) is 0 Å². The molecule has 1 fully saturated rings. The van der Waals surface area contributed by atoms with Crippen LogP contribution in [0.1, 0.15) is 18.9 Å². The predicted molar refractivity (Wildman–Crippen MR) is 78.3 cm³/mol. The summed E-state index contributed by atoms with van der Waals surface area (Å²) in [5.74, 6) is 0.183. The lowest BCUT2D eigenvalue weighted by molar-refractivity contribution is -0.133. The van der Waals surface area contributed by atoms with Crippen LogP contribution in [0, 0.1) is 0 Å². The average molecular weight is 261 g/mol. The minimum Gasteiger partial charge on any atom is -0.357 e. The molecule has 1 heterocycles. The topological polar surface area (TPSA) is 49.6 Å². The largest absolute Gasteiger partial charge is 0.357 e. The van der Waals surface area contributed by atoms with E-state index in [0.717, 1.165) is 19.5 Å². The van der Waals surface area contributed by atoms with Gasteiger partial charge >= 0.3 is 0 Å². The number of benzene rings is 1. The van der Waals surface area contributed by atoms with Gasteiger partial charge in [0.25, 0.3) is 0 Å². The summed E-state index contributed by atoms with van der Waals surface area (Å²) in [6.07, 6.45) is 1.69. The number of likely N-dealkylation sites (N-methyl/N-ethyl adjacent to an activating group) is 1. The van der Waals surface area contributed by atoms with Crippen molar-refractivity contribution < 1.29 is 4.79 Å². The molecule has 0 bridgehead atoms. The zero-order valence-corrected chi connectivity index (χ0v) is 11.8. The van der Waals surface area contributed by atoms with Crippen molar-refractivity contribution in [2.24, 2.45) is 5.73 Å². The van der Waals surface area contributed by atoms with E-state index in [9.17, 15) is 4.79 Å². The Morgan fingerprint density at radius 1 is 1.32 bits per heavy atom. The molecular formula is C15H23N3O. The third-order valence-corrected chi connectivity index (χ3v) is 3.84. The van der Waals surface area contributed by atoms with E-state index in [1.54, 1.807) is 0 Å². The van der Waals surface area contributed by atoms with Gasteiger partial charge in [-0.05, 0) is 31.0 Å². The SMILES string of the molecule is CCc1ccccc1N1CCN(C)C(=O)C1CCN. The van der Waals surface area contributed by atoms with Crippen LogP contribution in [0.25, 0.3) is 0 Å². The van der Waals surface area contributed by atoms with Crippen molar-refractivity contribution in [2.45, 2.75) is 25.8 Å². The summed E-state index contributed by atoms with van der Waals surface area (Å²) in [6, 6.07) is 8.23. The summed E-state index contributed by atoms with van der Waals surface area (Å²) in [6.45, 7) is 4.34. The van der Waals surface area contributed by atoms with Crippen LogP contribution in [0.15, 0.2) is 24.3 Å². The minimum absolute atomic E-state index is 0.114. The molecule has 1 aromatic carbocycles. The van der Waals surface area contributed by atoms with Crippen molar-refractivity contribution in [3.63, 3.8) is 0 Å². The van der Waals surface area contributed by atoms with Gasteiger partial charge in [-0.25, -0.2) is 0 Å². The number of hydrogen-bond donors (Lipinski definition) is 1. The quantitative estimate of drug-likeness (QED) is 0.887. The average Bonchev–Trinajstić information content (AvgIpc) is 2.44. The molecule has 0 aliphatic carbocycles. The lowest BCUT2D eigenvalue weighted by atomic mass is 10.0. The standard InChI is InChI=1S/C15H23N3O/c1-3-12-6-4-5-7-13(12)18-11-10-17(2)15(19)14(18)8-9-16/h4-7,14H,3,8-11,16H2,1-2H3. The highest BCUT2D eigenvalue weighted by Crippen LogP contribution is 2.26. The maximum Gasteiger partial charge on any atom is 0.245 e. The Kier molecular flexibility index (Phi) is 4.43. The molecule has 1 saturated heterocycles. The van der Waals surface area contributed by atoms with Crippen LogP contribution in [-0.2, 0) is 11.2 Å². The zero-order chi connectivity index (χ0) is 13.8. The van der Waals surface area contributed by atoms with E-state index < -0.39 is 0 Å². The highest BCUT2D eigenvalue weighted by atomic mass is 16.2. The number of carbonyl (C=O) groups excluding carboxylic acids is 1. The molecule has 104 valence electrons. The molecule has 19 heavy (non-hydrogen) atoms. The van der Waals surface area contributed by atoms with Crippen molar-refractivity contribution >= 4 is 11.6 Å². The van der Waals surface area contributed by atoms with Crippen LogP contribution in [0.4, 0.5) is 5.69 Å². The van der Waals surface area contributed by atoms with Crippen LogP contribution in [0.5, 0.6) is 0 Å². The summed E-state index contributed by atoms with van der Waals surface area (Å²) >= 11 is 0. The van der Waals surface area contributed by atoms with E-state index in [0.29, 0.717) is 13.0 Å². The lowest BCUT2D eigenvalue weighted by Crippen LogP contribution is -2.56. The normalized spacial score (nSPS) is 19.9. The van der Waals surface area contributed by atoms with Gasteiger partial charge in [-0.2, -0.15) is 0 Å². The summed E-state index contributed by atoms with van der Waals surface area (Å²) in [5.41, 5.74) is 8.16. The Morgan fingerprint density at radius 2 is 2.05 bits per heavy atom. The molecular weight excluding hydrogens is 238 g/mol. The number of amides is 1. The monoisotopic (exact) mass is 261 g/mol. The zero-order valence-electron chi connectivity index (χ0n) is 11.8. The molecule has 4 heteroatoms. The fourth-order valence-corrected chi connectivity index (χ4v) is 2.73. The van der Waals surface area contributed by atoms with Gasteiger partial charge in [0.15, 0.2) is 0 Å². The van der Waals surface area contributed by atoms with Crippen molar-refractivity contribution in [3.8, 4) is 0 Å². The number of rotatable bonds is 4. The Labute approximate surface area is 115 Å². The Bertz CT molecular complexity index is 447. The Hall–Kier alpha value is -1.55. The molecule has 0 aromatic heterocycles. The number of para-hydroxylation sites is 1. The summed E-state index contributed by atoms with van der Waals surface area (Å²) in [7, 11) is 1.87. The van der Waals surface area contributed by atoms with Crippen molar-refractivity contribution in [1.29, 1.82) is 0 Å². The smallest absolute Gasteiger partial charge is 0.245 e. The maximum atomic E-state index is 12.3. The van der Waals surface area contributed by atoms with E-state index in [1.165, 1.54) is 11.3 Å². The minimum atomic E-state index is -0.114. The molecule has 1 aliphatic heterocycles. The first-order valence-electron chi connectivity index (χ1n) is 6.98. The third-order valence-electron chi connectivity index (χ3n) is 3.84. The highest BCUT2D eigenvalue weighted by molar-refractivity contribution is 5.86. The molecule has 0 saturated carbocycles. The van der Waals surface area contributed by atoms with Crippen molar-refractivity contribution in [3.05, 3.63) is 29.8 Å². The second-order valence-electron chi connectivity index (χ2n) is 5.03. The molecule has 1 aromatic rings. The Morgan fingerprint density at radius 3 is 2.74 bits per heavy atom. The van der Waals surface area contributed by atoms with Gasteiger partial charge in [-0.15, -0.1) is 0 Å². The van der Waals surface area contributed by atoms with E-state index in [4.69, 9.17) is 5.73 Å². The van der Waals surface area contributed by atoms with Gasteiger partial charge in [0, 0.05) is 25.8 Å². The molecule has 2 N–H and O–H groups in total. The van der Waals surface area contributed by atoms with E-state index in [-0.39, 0.29) is 11.9 Å². The van der Waals surface area contributed by atoms with E-state index >= 15 is 0 Å². The number of hydrogen-bond acceptors (Lipinski definition) is 3. The fourth-order valence-electron chi connectivity index (χ4n) is 2.73. The second kappa shape index (κ2) is 6.06. The van der Waals surface area contributed by atoms with Crippen LogP contribution in [0.2, 0.25) is 0 Å². The van der Waals surface area contributed by atoms with Crippen molar-refractivity contribution in [2.75, 3.05) is 31.6 Å². The van der Waals surface area contributed by atoms with Gasteiger partial charge in [-0.1, -0.05) is 25.1 Å². The van der Waals surface area contributed by atoms with Crippen LogP contribution < -0.4 is 10.6 Å². The molecule has 1 aliphatic rings. The first kappa shape index (κ1) is 13.9. The van der Waals surface area contributed by atoms with Crippen molar-refractivity contribution in [1.82, 2.24) is 4.90 Å². The Balaban J connectivity index is 2.33. The van der Waals surface area contributed by atoms with Gasteiger partial charge in [0.05, 0.1) is 0 Å². The number of nitrogens with two attached hydrogens (primary N) is 1. The first-order chi connectivity index (χ1) is 9.19. The van der Waals surface area contributed by atoms with Gasteiger partial charge < -0.3 is 15.5 Å². The molecule has 1 atom stereocenters. The number of anilines is 1. The summed E-state index contributed by atoms with van der Waals surface area (Å²) < 4.78 is 0. The summed E-state index contributed by atoms with van der Waals surface area (Å²) in [4.78, 5) is 16.4. The van der Waals surface area contributed by atoms with Gasteiger partial charge in [0.1, 0.15) is 6.04 Å². The molecule has 0 spiro atoms. The van der Waals surface area contributed by atoms with Crippen LogP contribution in [-0.4, -0.2) is 43.5 Å². The number of aryl methyl sites for hydroxylation is 1. The van der Waals surface area contributed by atoms with Gasteiger partial charge in [-0.3, -0.25) is 4.79 Å². The highest BCUT2D eigenvalue weighted by Gasteiger charge is 2.33. The lowest BCUT2D eigenvalue weighted by Gasteiger charge is -2.41. The molecule has 4 nitrogen and oxygen atoms in total. The molecule has 0 radical (unpaired) electrons. The fraction of sp³-hybridized carbons (Fsp3) is 0.533. The van der Waals surface area contributed by atoms with E-state index in [2.05, 4.69) is 30.0 Å². The number of piperazine rings is 1. The third kappa shape index (κ3) is 2.73. The number of carbonyl (C=O) groups is 1. The van der Waals surface area contributed by atoms with Crippen LogP contribution >= 0.6 is 0 Å². The summed E-state index contributed by atoms with van der Waals surface area (Å²) in [5, 5.41) is 0. The van der Waals surface area contributed by atoms with E-state index in [1.807, 2.05) is 18.0 Å². The maximum absolute atomic E-state index is 12.3. The first-order valence-corrected chi connectivity index (χ1v) is 6.98. The molecule has 2 rings (SSSR count). The molecule has 1 unspecified atom stereocenters. The predicted octanol–water partition coefficient (Wildman–Crippen LogP) is 1.24. The molecule has 1 amide bonds. The van der Waals surface area contributed by atoms with Gasteiger partial charge in [0.2, 0.25) is 5.91 Å².